The molecule has 18 heavy (non-hydrogen) atoms. The average molecular weight is 258 g/mol. The minimum absolute atomic E-state index is 0.0433. The van der Waals surface area contributed by atoms with E-state index in [1.165, 1.54) is 11.3 Å². The minimum atomic E-state index is -0.859. The van der Waals surface area contributed by atoms with Crippen LogP contribution in [0.4, 0.5) is 0 Å². The van der Waals surface area contributed by atoms with Gasteiger partial charge < -0.3 is 10.1 Å². The molecule has 0 fully saturated rings. The van der Waals surface area contributed by atoms with Gasteiger partial charge in [-0.25, -0.2) is 4.98 Å². The number of rotatable bonds is 3. The number of aromatic nitrogens is 2. The van der Waals surface area contributed by atoms with Gasteiger partial charge in [0.1, 0.15) is 0 Å². The first-order chi connectivity index (χ1) is 8.75. The van der Waals surface area contributed by atoms with Gasteiger partial charge in [-0.1, -0.05) is 18.2 Å². The van der Waals surface area contributed by atoms with Crippen LogP contribution < -0.4 is 0 Å². The van der Waals surface area contributed by atoms with E-state index in [0.717, 1.165) is 21.3 Å². The van der Waals surface area contributed by atoms with Crippen molar-refractivity contribution in [1.29, 1.82) is 0 Å². The fraction of sp³-hybridized carbons (Fsp3) is 0.0769. The van der Waals surface area contributed by atoms with Crippen LogP contribution >= 0.6 is 11.3 Å². The maximum Gasteiger partial charge on any atom is 0.309 e. The molecule has 0 spiro atoms. The fourth-order valence-corrected chi connectivity index (χ4v) is 2.86. The van der Waals surface area contributed by atoms with Crippen molar-refractivity contribution in [3.63, 3.8) is 0 Å². The Balaban J connectivity index is 2.15. The van der Waals surface area contributed by atoms with Crippen molar-refractivity contribution in [2.24, 2.45) is 0 Å². The Bertz CT molecular complexity index is 714. The van der Waals surface area contributed by atoms with Crippen molar-refractivity contribution < 1.29 is 9.90 Å². The van der Waals surface area contributed by atoms with E-state index >= 15 is 0 Å². The smallest absolute Gasteiger partial charge is 0.309 e. The molecule has 0 aliphatic rings. The largest absolute Gasteiger partial charge is 0.481 e. The van der Waals surface area contributed by atoms with Crippen LogP contribution in [0.1, 0.15) is 5.69 Å². The number of hydrogen-bond acceptors (Lipinski definition) is 3. The van der Waals surface area contributed by atoms with E-state index in [4.69, 9.17) is 5.11 Å². The van der Waals surface area contributed by atoms with E-state index in [-0.39, 0.29) is 6.42 Å². The maximum absolute atomic E-state index is 10.8. The lowest BCUT2D eigenvalue weighted by Gasteiger charge is -1.98. The first-order valence-corrected chi connectivity index (χ1v) is 6.34. The number of aliphatic carboxylic acids is 1. The van der Waals surface area contributed by atoms with Gasteiger partial charge in [-0.2, -0.15) is 0 Å². The molecule has 0 aliphatic carbocycles. The number of benzene rings is 1. The SMILES string of the molecule is O=C(O)Cc1ncsc1-c1c[nH]c2ccccc12. The summed E-state index contributed by atoms with van der Waals surface area (Å²) in [6, 6.07) is 7.95. The number of carbonyl (C=O) groups is 1. The zero-order valence-corrected chi connectivity index (χ0v) is 10.2. The molecule has 0 unspecified atom stereocenters. The third kappa shape index (κ3) is 1.78. The molecule has 0 amide bonds. The summed E-state index contributed by atoms with van der Waals surface area (Å²) in [5, 5.41) is 9.97. The van der Waals surface area contributed by atoms with Crippen molar-refractivity contribution >= 4 is 28.2 Å². The predicted octanol–water partition coefficient (Wildman–Crippen LogP) is 2.92. The Kier molecular flexibility index (Phi) is 2.60. The van der Waals surface area contributed by atoms with E-state index in [9.17, 15) is 4.79 Å². The fourth-order valence-electron chi connectivity index (χ4n) is 2.02. The number of aromatic amines is 1. The quantitative estimate of drug-likeness (QED) is 0.759. The van der Waals surface area contributed by atoms with Gasteiger partial charge in [0.05, 0.1) is 22.5 Å². The van der Waals surface area contributed by atoms with Crippen molar-refractivity contribution in [1.82, 2.24) is 9.97 Å². The number of fused-ring (bicyclic) bond motifs is 1. The van der Waals surface area contributed by atoms with E-state index in [1.54, 1.807) is 5.51 Å². The highest BCUT2D eigenvalue weighted by Crippen LogP contribution is 2.33. The van der Waals surface area contributed by atoms with Gasteiger partial charge in [-0.05, 0) is 6.07 Å². The summed E-state index contributed by atoms with van der Waals surface area (Å²) in [4.78, 5) is 19.1. The summed E-state index contributed by atoms with van der Waals surface area (Å²) in [5.41, 5.74) is 4.37. The molecule has 0 saturated heterocycles. The highest BCUT2D eigenvalue weighted by molar-refractivity contribution is 7.13. The Morgan fingerprint density at radius 3 is 3.06 bits per heavy atom. The Morgan fingerprint density at radius 2 is 2.22 bits per heavy atom. The third-order valence-corrected chi connectivity index (χ3v) is 3.70. The van der Waals surface area contributed by atoms with Gasteiger partial charge in [0.2, 0.25) is 0 Å². The van der Waals surface area contributed by atoms with Crippen LogP contribution in [0.25, 0.3) is 21.3 Å². The second-order valence-corrected chi connectivity index (χ2v) is 4.80. The topological polar surface area (TPSA) is 66.0 Å². The molecule has 0 aliphatic heterocycles. The molecule has 0 saturated carbocycles. The molecule has 2 aromatic heterocycles. The van der Waals surface area contributed by atoms with Crippen molar-refractivity contribution in [3.8, 4) is 10.4 Å². The zero-order chi connectivity index (χ0) is 12.5. The summed E-state index contributed by atoms with van der Waals surface area (Å²) in [5.74, 6) is -0.859. The van der Waals surface area contributed by atoms with Crippen LogP contribution in [0.15, 0.2) is 36.0 Å². The summed E-state index contributed by atoms with van der Waals surface area (Å²) in [6.45, 7) is 0. The number of hydrogen-bond donors (Lipinski definition) is 2. The van der Waals surface area contributed by atoms with E-state index < -0.39 is 5.97 Å². The van der Waals surface area contributed by atoms with Gasteiger partial charge in [-0.15, -0.1) is 11.3 Å². The van der Waals surface area contributed by atoms with Crippen molar-refractivity contribution in [2.75, 3.05) is 0 Å². The number of H-pyrrole nitrogens is 1. The van der Waals surface area contributed by atoms with Crippen LogP contribution in [-0.4, -0.2) is 21.0 Å². The van der Waals surface area contributed by atoms with E-state index in [1.807, 2.05) is 30.5 Å². The van der Waals surface area contributed by atoms with Crippen LogP contribution in [0.5, 0.6) is 0 Å². The molecule has 0 radical (unpaired) electrons. The molecule has 0 bridgehead atoms. The molecule has 1 aromatic carbocycles. The maximum atomic E-state index is 10.8. The number of thiazole rings is 1. The number of nitrogens with one attached hydrogen (secondary N) is 1. The molecule has 2 heterocycles. The first kappa shape index (κ1) is 11.0. The second kappa shape index (κ2) is 4.27. The van der Waals surface area contributed by atoms with Gasteiger partial charge in [0.15, 0.2) is 0 Å². The van der Waals surface area contributed by atoms with Crippen LogP contribution in [0.2, 0.25) is 0 Å². The summed E-state index contributed by atoms with van der Waals surface area (Å²) in [6.07, 6.45) is 1.86. The molecule has 3 rings (SSSR count). The van der Waals surface area contributed by atoms with E-state index in [2.05, 4.69) is 9.97 Å². The second-order valence-electron chi connectivity index (χ2n) is 3.95. The lowest BCUT2D eigenvalue weighted by atomic mass is 10.1. The summed E-state index contributed by atoms with van der Waals surface area (Å²) >= 11 is 1.47. The lowest BCUT2D eigenvalue weighted by Crippen LogP contribution is -2.01. The van der Waals surface area contributed by atoms with Crippen LogP contribution in [-0.2, 0) is 11.2 Å². The van der Waals surface area contributed by atoms with Crippen LogP contribution in [0, 0.1) is 0 Å². The van der Waals surface area contributed by atoms with Gasteiger partial charge in [0, 0.05) is 22.7 Å². The molecule has 0 atom stereocenters. The summed E-state index contributed by atoms with van der Waals surface area (Å²) < 4.78 is 0. The molecule has 5 heteroatoms. The number of carboxylic acid groups (broad SMARTS) is 1. The molecule has 4 nitrogen and oxygen atoms in total. The van der Waals surface area contributed by atoms with Gasteiger partial charge in [-0.3, -0.25) is 4.79 Å². The number of nitrogens with zero attached hydrogens (tertiary/aromatic N) is 1. The highest BCUT2D eigenvalue weighted by Gasteiger charge is 2.14. The molecule has 3 aromatic rings. The molecular formula is C13H10N2O2S. The lowest BCUT2D eigenvalue weighted by molar-refractivity contribution is -0.136. The monoisotopic (exact) mass is 258 g/mol. The third-order valence-electron chi connectivity index (χ3n) is 2.79. The normalized spacial score (nSPS) is 10.9. The standard InChI is InChI=1S/C13H10N2O2S/c16-12(17)5-11-13(18-7-15-11)9-6-14-10-4-2-1-3-8(9)10/h1-4,6-7,14H,5H2,(H,16,17). The van der Waals surface area contributed by atoms with Gasteiger partial charge >= 0.3 is 5.97 Å². The Hall–Kier alpha value is -2.14. The Labute approximate surface area is 107 Å². The number of para-hydroxylation sites is 1. The van der Waals surface area contributed by atoms with Crippen molar-refractivity contribution in [3.05, 3.63) is 41.7 Å². The number of carboxylic acids is 1. The zero-order valence-electron chi connectivity index (χ0n) is 9.38. The van der Waals surface area contributed by atoms with Crippen LogP contribution in [0.3, 0.4) is 0 Å². The summed E-state index contributed by atoms with van der Waals surface area (Å²) in [7, 11) is 0. The highest BCUT2D eigenvalue weighted by atomic mass is 32.1. The predicted molar refractivity (Wildman–Crippen MR) is 70.7 cm³/mol. The van der Waals surface area contributed by atoms with Gasteiger partial charge in [0.25, 0.3) is 0 Å². The molecule has 90 valence electrons. The van der Waals surface area contributed by atoms with Crippen molar-refractivity contribution in [2.45, 2.75) is 6.42 Å². The molecular weight excluding hydrogens is 248 g/mol. The Morgan fingerprint density at radius 1 is 1.39 bits per heavy atom. The minimum Gasteiger partial charge on any atom is -0.481 e. The first-order valence-electron chi connectivity index (χ1n) is 5.46. The average Bonchev–Trinajstić information content (AvgIpc) is 2.94. The molecule has 2 N–H and O–H groups in total. The van der Waals surface area contributed by atoms with E-state index in [0.29, 0.717) is 5.69 Å².